The van der Waals surface area contributed by atoms with E-state index in [2.05, 4.69) is 35.7 Å². The maximum Gasteiger partial charge on any atom is 0.234 e. The Balaban J connectivity index is 1.77. The molecule has 1 fully saturated rings. The maximum atomic E-state index is 12.5. The summed E-state index contributed by atoms with van der Waals surface area (Å²) in [4.78, 5) is 28.2. The van der Waals surface area contributed by atoms with Crippen molar-refractivity contribution >= 4 is 17.4 Å². The van der Waals surface area contributed by atoms with Gasteiger partial charge in [0.05, 0.1) is 25.2 Å². The first-order chi connectivity index (χ1) is 14.0. The SMILES string of the molecule is CCC(=O)N1[C@H](CO)[C@H](c2ccc(C3=CCCC3)cc2)[C@H]1CNC(=O)CN(C)C. The van der Waals surface area contributed by atoms with Crippen molar-refractivity contribution in [1.29, 1.82) is 0 Å². The molecule has 0 saturated carbocycles. The Morgan fingerprint density at radius 2 is 1.93 bits per heavy atom. The zero-order valence-corrected chi connectivity index (χ0v) is 17.7. The predicted molar refractivity (Wildman–Crippen MR) is 114 cm³/mol. The molecule has 1 heterocycles. The van der Waals surface area contributed by atoms with Gasteiger partial charge < -0.3 is 20.2 Å². The first-order valence-corrected chi connectivity index (χ1v) is 10.6. The number of aliphatic hydroxyl groups is 1. The van der Waals surface area contributed by atoms with Gasteiger partial charge in [-0.15, -0.1) is 0 Å². The van der Waals surface area contributed by atoms with Crippen LogP contribution in [0.2, 0.25) is 0 Å². The second-order valence-corrected chi connectivity index (χ2v) is 8.28. The average Bonchev–Trinajstić information content (AvgIpc) is 3.22. The smallest absolute Gasteiger partial charge is 0.234 e. The Bertz CT molecular complexity index is 757. The Morgan fingerprint density at radius 1 is 1.21 bits per heavy atom. The molecule has 1 aromatic carbocycles. The highest BCUT2D eigenvalue weighted by Crippen LogP contribution is 2.41. The van der Waals surface area contributed by atoms with Crippen LogP contribution in [0.5, 0.6) is 0 Å². The fraction of sp³-hybridized carbons (Fsp3) is 0.565. The van der Waals surface area contributed by atoms with Crippen molar-refractivity contribution in [3.8, 4) is 0 Å². The minimum absolute atomic E-state index is 0.0138. The van der Waals surface area contributed by atoms with Gasteiger partial charge in [-0.05, 0) is 50.1 Å². The maximum absolute atomic E-state index is 12.5. The molecule has 0 spiro atoms. The number of benzene rings is 1. The van der Waals surface area contributed by atoms with E-state index in [-0.39, 0.29) is 36.4 Å². The summed E-state index contributed by atoms with van der Waals surface area (Å²) in [6, 6.07) is 8.14. The number of carbonyl (C=O) groups excluding carboxylic acids is 2. The molecule has 2 amide bonds. The number of likely N-dealkylation sites (tertiary alicyclic amines) is 1. The van der Waals surface area contributed by atoms with E-state index in [1.807, 2.05) is 25.9 Å². The highest BCUT2D eigenvalue weighted by Gasteiger charge is 2.50. The molecule has 0 aromatic heterocycles. The summed E-state index contributed by atoms with van der Waals surface area (Å²) in [5.74, 6) is -0.0322. The molecule has 158 valence electrons. The number of carbonyl (C=O) groups is 2. The monoisotopic (exact) mass is 399 g/mol. The van der Waals surface area contributed by atoms with E-state index in [4.69, 9.17) is 0 Å². The van der Waals surface area contributed by atoms with Crippen molar-refractivity contribution in [1.82, 2.24) is 15.1 Å². The molecule has 3 atom stereocenters. The second-order valence-electron chi connectivity index (χ2n) is 8.28. The first kappa shape index (κ1) is 21.5. The number of rotatable bonds is 8. The Labute approximate surface area is 173 Å². The summed E-state index contributed by atoms with van der Waals surface area (Å²) >= 11 is 0. The molecule has 2 aliphatic rings. The normalized spacial score (nSPS) is 23.7. The lowest BCUT2D eigenvalue weighted by Gasteiger charge is -2.55. The number of allylic oxidation sites excluding steroid dienone is 2. The van der Waals surface area contributed by atoms with Gasteiger partial charge in [-0.2, -0.15) is 0 Å². The molecule has 0 unspecified atom stereocenters. The van der Waals surface area contributed by atoms with Gasteiger partial charge in [0, 0.05) is 18.9 Å². The quantitative estimate of drug-likeness (QED) is 0.701. The van der Waals surface area contributed by atoms with Gasteiger partial charge in [-0.3, -0.25) is 9.59 Å². The summed E-state index contributed by atoms with van der Waals surface area (Å²) in [7, 11) is 3.70. The van der Waals surface area contributed by atoms with Gasteiger partial charge in [-0.25, -0.2) is 0 Å². The zero-order valence-electron chi connectivity index (χ0n) is 17.7. The molecule has 1 aromatic rings. The molecule has 2 N–H and O–H groups in total. The molecule has 6 heteroatoms. The number of hydrogen-bond acceptors (Lipinski definition) is 4. The number of likely N-dealkylation sites (N-methyl/N-ethyl adjacent to an activating group) is 1. The summed E-state index contributed by atoms with van der Waals surface area (Å²) in [6.07, 6.45) is 6.18. The topological polar surface area (TPSA) is 72.9 Å². The molecule has 1 saturated heterocycles. The van der Waals surface area contributed by atoms with E-state index in [0.717, 1.165) is 18.4 Å². The standard InChI is InChI=1S/C23H33N3O3/c1-4-22(29)26-19(13-24-21(28)14-25(2)3)23(20(26)15-27)18-11-9-17(10-12-18)16-7-5-6-8-16/h7,9-12,19-20,23,27H,4-6,8,13-15H2,1-3H3,(H,24,28)/t19-,20-,23-/m1/s1. The lowest BCUT2D eigenvalue weighted by atomic mass is 9.74. The van der Waals surface area contributed by atoms with Gasteiger partial charge >= 0.3 is 0 Å². The largest absolute Gasteiger partial charge is 0.394 e. The third-order valence-corrected chi connectivity index (χ3v) is 6.00. The van der Waals surface area contributed by atoms with Crippen LogP contribution < -0.4 is 5.32 Å². The molecular formula is C23H33N3O3. The molecule has 0 bridgehead atoms. The predicted octanol–water partition coefficient (Wildman–Crippen LogP) is 2.00. The van der Waals surface area contributed by atoms with E-state index >= 15 is 0 Å². The highest BCUT2D eigenvalue weighted by molar-refractivity contribution is 5.80. The van der Waals surface area contributed by atoms with E-state index < -0.39 is 0 Å². The van der Waals surface area contributed by atoms with E-state index in [1.54, 1.807) is 4.90 Å². The van der Waals surface area contributed by atoms with Crippen molar-refractivity contribution in [2.24, 2.45) is 0 Å². The second kappa shape index (κ2) is 9.55. The van der Waals surface area contributed by atoms with Gasteiger partial charge in [-0.1, -0.05) is 37.3 Å². The van der Waals surface area contributed by atoms with Gasteiger partial charge in [0.1, 0.15) is 0 Å². The van der Waals surface area contributed by atoms with Crippen LogP contribution in [-0.2, 0) is 9.59 Å². The van der Waals surface area contributed by atoms with Crippen molar-refractivity contribution < 1.29 is 14.7 Å². The summed E-state index contributed by atoms with van der Waals surface area (Å²) in [5, 5.41) is 12.9. The molecule has 3 rings (SSSR count). The van der Waals surface area contributed by atoms with E-state index in [9.17, 15) is 14.7 Å². The fourth-order valence-electron chi connectivity index (χ4n) is 4.58. The Kier molecular flexibility index (Phi) is 7.09. The van der Waals surface area contributed by atoms with Gasteiger partial charge in [0.15, 0.2) is 0 Å². The van der Waals surface area contributed by atoms with Crippen molar-refractivity contribution in [2.45, 2.75) is 50.6 Å². The third kappa shape index (κ3) is 4.70. The molecule has 0 radical (unpaired) electrons. The number of amides is 2. The average molecular weight is 400 g/mol. The molecule has 1 aliphatic heterocycles. The fourth-order valence-corrected chi connectivity index (χ4v) is 4.58. The molecular weight excluding hydrogens is 366 g/mol. The Hall–Kier alpha value is -2.18. The van der Waals surface area contributed by atoms with Crippen molar-refractivity contribution in [3.05, 3.63) is 41.5 Å². The molecule has 1 aliphatic carbocycles. The van der Waals surface area contributed by atoms with Crippen LogP contribution in [0.4, 0.5) is 0 Å². The number of nitrogens with one attached hydrogen (secondary N) is 1. The first-order valence-electron chi connectivity index (χ1n) is 10.6. The highest BCUT2D eigenvalue weighted by atomic mass is 16.3. The third-order valence-electron chi connectivity index (χ3n) is 6.00. The van der Waals surface area contributed by atoms with Crippen molar-refractivity contribution in [2.75, 3.05) is 33.8 Å². The zero-order chi connectivity index (χ0) is 21.0. The van der Waals surface area contributed by atoms with Crippen LogP contribution in [0.1, 0.15) is 49.7 Å². The van der Waals surface area contributed by atoms with Crippen molar-refractivity contribution in [3.63, 3.8) is 0 Å². The molecule has 29 heavy (non-hydrogen) atoms. The summed E-state index contributed by atoms with van der Waals surface area (Å²) in [6.45, 7) is 2.46. The Morgan fingerprint density at radius 3 is 2.48 bits per heavy atom. The lowest BCUT2D eigenvalue weighted by Crippen LogP contribution is -2.68. The van der Waals surface area contributed by atoms with E-state index in [1.165, 1.54) is 17.6 Å². The van der Waals surface area contributed by atoms with Crippen LogP contribution >= 0.6 is 0 Å². The minimum Gasteiger partial charge on any atom is -0.394 e. The van der Waals surface area contributed by atoms with Crippen LogP contribution in [0.3, 0.4) is 0 Å². The van der Waals surface area contributed by atoms with Gasteiger partial charge in [0.25, 0.3) is 0 Å². The van der Waals surface area contributed by atoms with Crippen LogP contribution in [0, 0.1) is 0 Å². The van der Waals surface area contributed by atoms with Crippen LogP contribution in [0.25, 0.3) is 5.57 Å². The number of aliphatic hydroxyl groups excluding tert-OH is 1. The van der Waals surface area contributed by atoms with Crippen LogP contribution in [-0.4, -0.2) is 72.6 Å². The summed E-state index contributed by atoms with van der Waals surface area (Å²) < 4.78 is 0. The minimum atomic E-state index is -0.241. The molecule has 6 nitrogen and oxygen atoms in total. The van der Waals surface area contributed by atoms with Gasteiger partial charge in [0.2, 0.25) is 11.8 Å². The number of nitrogens with zero attached hydrogens (tertiary/aromatic N) is 2. The summed E-state index contributed by atoms with van der Waals surface area (Å²) in [5.41, 5.74) is 3.76. The van der Waals surface area contributed by atoms with E-state index in [0.29, 0.717) is 19.5 Å². The lowest BCUT2D eigenvalue weighted by molar-refractivity contribution is -0.150. The number of hydrogen-bond donors (Lipinski definition) is 2. The van der Waals surface area contributed by atoms with Crippen LogP contribution in [0.15, 0.2) is 30.3 Å².